The van der Waals surface area contributed by atoms with Gasteiger partial charge in [0.15, 0.2) is 0 Å². The summed E-state index contributed by atoms with van der Waals surface area (Å²) in [6, 6.07) is 8.66. The Labute approximate surface area is 103 Å². The van der Waals surface area contributed by atoms with Crippen molar-refractivity contribution >= 4 is 0 Å². The van der Waals surface area contributed by atoms with Gasteiger partial charge in [-0.1, -0.05) is 24.3 Å². The molecule has 0 amide bonds. The lowest BCUT2D eigenvalue weighted by Crippen LogP contribution is -2.44. The molecule has 3 heteroatoms. The molecule has 92 valence electrons. The van der Waals surface area contributed by atoms with Gasteiger partial charge in [-0.15, -0.1) is 0 Å². The summed E-state index contributed by atoms with van der Waals surface area (Å²) in [5, 5.41) is 0. The summed E-state index contributed by atoms with van der Waals surface area (Å²) in [5.41, 5.74) is 8.41. The second-order valence-corrected chi connectivity index (χ2v) is 5.07. The molecule has 17 heavy (non-hydrogen) atoms. The zero-order chi connectivity index (χ0) is 11.7. The fourth-order valence-corrected chi connectivity index (χ4v) is 3.12. The third-order valence-corrected chi connectivity index (χ3v) is 4.12. The van der Waals surface area contributed by atoms with Crippen LogP contribution in [0, 0.1) is 0 Å². The number of nitrogens with two attached hydrogens (primary N) is 1. The molecule has 0 unspecified atom stereocenters. The van der Waals surface area contributed by atoms with Crippen molar-refractivity contribution in [2.75, 3.05) is 26.2 Å². The summed E-state index contributed by atoms with van der Waals surface area (Å²) in [6.45, 7) is 4.76. The van der Waals surface area contributed by atoms with Gasteiger partial charge in [-0.3, -0.25) is 0 Å². The smallest absolute Gasteiger partial charge is 0.0963 e. The molecular weight excluding hydrogens is 212 g/mol. The summed E-state index contributed by atoms with van der Waals surface area (Å²) in [5.74, 6) is 0. The molecule has 2 N–H and O–H groups in total. The van der Waals surface area contributed by atoms with E-state index in [1.165, 1.54) is 11.1 Å². The van der Waals surface area contributed by atoms with Crippen LogP contribution >= 0.6 is 0 Å². The molecule has 1 saturated heterocycles. The Morgan fingerprint density at radius 3 is 2.76 bits per heavy atom. The third-order valence-electron chi connectivity index (χ3n) is 4.12. The molecule has 0 saturated carbocycles. The molecule has 3 rings (SSSR count). The van der Waals surface area contributed by atoms with Gasteiger partial charge in [-0.2, -0.15) is 0 Å². The SMILES string of the molecule is NCCN1CCC2(CC1)OCc1ccccc12. The highest BCUT2D eigenvalue weighted by molar-refractivity contribution is 5.35. The first-order valence-corrected chi connectivity index (χ1v) is 6.49. The molecular formula is C14H20N2O. The van der Waals surface area contributed by atoms with Gasteiger partial charge in [0.2, 0.25) is 0 Å². The monoisotopic (exact) mass is 232 g/mol. The molecule has 0 radical (unpaired) electrons. The fourth-order valence-electron chi connectivity index (χ4n) is 3.12. The normalized spacial score (nSPS) is 22.9. The highest BCUT2D eigenvalue weighted by Gasteiger charge is 2.41. The van der Waals surface area contributed by atoms with Gasteiger partial charge in [0.25, 0.3) is 0 Å². The summed E-state index contributed by atoms with van der Waals surface area (Å²) < 4.78 is 6.12. The minimum Gasteiger partial charge on any atom is -0.365 e. The predicted octanol–water partition coefficient (Wildman–Crippen LogP) is 1.47. The second-order valence-electron chi connectivity index (χ2n) is 5.07. The topological polar surface area (TPSA) is 38.5 Å². The molecule has 1 fully saturated rings. The lowest BCUT2D eigenvalue weighted by atomic mass is 9.84. The first-order chi connectivity index (χ1) is 8.34. The van der Waals surface area contributed by atoms with Crippen LogP contribution in [-0.4, -0.2) is 31.1 Å². The van der Waals surface area contributed by atoms with E-state index in [0.29, 0.717) is 0 Å². The molecule has 2 aliphatic rings. The van der Waals surface area contributed by atoms with Gasteiger partial charge in [0.05, 0.1) is 12.2 Å². The molecule has 1 aromatic rings. The zero-order valence-electron chi connectivity index (χ0n) is 10.2. The van der Waals surface area contributed by atoms with Gasteiger partial charge < -0.3 is 15.4 Å². The Morgan fingerprint density at radius 1 is 1.24 bits per heavy atom. The first kappa shape index (κ1) is 11.2. The average Bonchev–Trinajstić information content (AvgIpc) is 2.73. The number of hydrogen-bond acceptors (Lipinski definition) is 3. The van der Waals surface area contributed by atoms with E-state index in [0.717, 1.165) is 45.6 Å². The highest BCUT2D eigenvalue weighted by Crippen LogP contribution is 2.43. The lowest BCUT2D eigenvalue weighted by Gasteiger charge is -2.39. The largest absolute Gasteiger partial charge is 0.365 e. The number of piperidine rings is 1. The highest BCUT2D eigenvalue weighted by atomic mass is 16.5. The molecule has 0 bridgehead atoms. The van der Waals surface area contributed by atoms with Crippen LogP contribution in [0.5, 0.6) is 0 Å². The molecule has 2 heterocycles. The van der Waals surface area contributed by atoms with Crippen molar-refractivity contribution in [2.45, 2.75) is 25.0 Å². The molecule has 3 nitrogen and oxygen atoms in total. The minimum atomic E-state index is 0.00168. The van der Waals surface area contributed by atoms with E-state index in [1.54, 1.807) is 0 Å². The zero-order valence-corrected chi connectivity index (χ0v) is 10.2. The van der Waals surface area contributed by atoms with E-state index >= 15 is 0 Å². The summed E-state index contributed by atoms with van der Waals surface area (Å²) in [4.78, 5) is 2.44. The Bertz CT molecular complexity index is 397. The van der Waals surface area contributed by atoms with E-state index in [1.807, 2.05) is 0 Å². The molecule has 0 atom stereocenters. The maximum atomic E-state index is 6.12. The van der Waals surface area contributed by atoms with Crippen LogP contribution in [0.15, 0.2) is 24.3 Å². The van der Waals surface area contributed by atoms with Gasteiger partial charge in [0, 0.05) is 26.2 Å². The first-order valence-electron chi connectivity index (χ1n) is 6.49. The van der Waals surface area contributed by atoms with Crippen molar-refractivity contribution in [3.05, 3.63) is 35.4 Å². The Hall–Kier alpha value is -0.900. The number of benzene rings is 1. The minimum absolute atomic E-state index is 0.00168. The van der Waals surface area contributed by atoms with Gasteiger partial charge in [-0.05, 0) is 24.0 Å². The summed E-state index contributed by atoms with van der Waals surface area (Å²) >= 11 is 0. The average molecular weight is 232 g/mol. The number of rotatable bonds is 2. The van der Waals surface area contributed by atoms with Crippen LogP contribution in [0.3, 0.4) is 0 Å². The van der Waals surface area contributed by atoms with Crippen molar-refractivity contribution in [1.82, 2.24) is 4.90 Å². The van der Waals surface area contributed by atoms with Crippen LogP contribution in [0.2, 0.25) is 0 Å². The van der Waals surface area contributed by atoms with E-state index in [2.05, 4.69) is 29.2 Å². The van der Waals surface area contributed by atoms with Crippen molar-refractivity contribution in [1.29, 1.82) is 0 Å². The van der Waals surface area contributed by atoms with Gasteiger partial charge in [0.1, 0.15) is 0 Å². The van der Waals surface area contributed by atoms with Crippen LogP contribution in [0.1, 0.15) is 24.0 Å². The Morgan fingerprint density at radius 2 is 2.00 bits per heavy atom. The number of nitrogens with zero attached hydrogens (tertiary/aromatic N) is 1. The van der Waals surface area contributed by atoms with E-state index in [9.17, 15) is 0 Å². The van der Waals surface area contributed by atoms with Crippen LogP contribution in [-0.2, 0) is 16.9 Å². The second kappa shape index (κ2) is 4.41. The van der Waals surface area contributed by atoms with E-state index < -0.39 is 0 Å². The maximum Gasteiger partial charge on any atom is 0.0963 e. The maximum absolute atomic E-state index is 6.12. The Kier molecular flexibility index (Phi) is 2.90. The van der Waals surface area contributed by atoms with E-state index in [-0.39, 0.29) is 5.60 Å². The van der Waals surface area contributed by atoms with Gasteiger partial charge in [-0.25, -0.2) is 0 Å². The van der Waals surface area contributed by atoms with Crippen molar-refractivity contribution in [3.63, 3.8) is 0 Å². The number of fused-ring (bicyclic) bond motifs is 2. The van der Waals surface area contributed by atoms with Crippen molar-refractivity contribution < 1.29 is 4.74 Å². The number of likely N-dealkylation sites (tertiary alicyclic amines) is 1. The summed E-state index contributed by atoms with van der Waals surface area (Å²) in [7, 11) is 0. The van der Waals surface area contributed by atoms with Crippen LogP contribution < -0.4 is 5.73 Å². The van der Waals surface area contributed by atoms with Gasteiger partial charge >= 0.3 is 0 Å². The third kappa shape index (κ3) is 1.88. The van der Waals surface area contributed by atoms with Crippen molar-refractivity contribution in [3.8, 4) is 0 Å². The number of hydrogen-bond donors (Lipinski definition) is 1. The molecule has 2 aliphatic heterocycles. The molecule has 1 aromatic carbocycles. The van der Waals surface area contributed by atoms with Crippen LogP contribution in [0.4, 0.5) is 0 Å². The standard InChI is InChI=1S/C14H20N2O/c15-7-10-16-8-5-14(6-9-16)13-4-2-1-3-12(13)11-17-14/h1-4H,5-11,15H2. The molecule has 0 aliphatic carbocycles. The quantitative estimate of drug-likeness (QED) is 0.839. The Balaban J connectivity index is 1.78. The number of ether oxygens (including phenoxy) is 1. The fraction of sp³-hybridized carbons (Fsp3) is 0.571. The van der Waals surface area contributed by atoms with Crippen LogP contribution in [0.25, 0.3) is 0 Å². The lowest BCUT2D eigenvalue weighted by molar-refractivity contribution is -0.0783. The van der Waals surface area contributed by atoms with Crippen molar-refractivity contribution in [2.24, 2.45) is 5.73 Å². The molecule has 0 aromatic heterocycles. The summed E-state index contributed by atoms with van der Waals surface area (Å²) in [6.07, 6.45) is 2.20. The molecule has 1 spiro atoms. The predicted molar refractivity (Wildman–Crippen MR) is 67.6 cm³/mol. The van der Waals surface area contributed by atoms with E-state index in [4.69, 9.17) is 10.5 Å².